The lowest BCUT2D eigenvalue weighted by Gasteiger charge is -2.13. The highest BCUT2D eigenvalue weighted by atomic mass is 35.5. The zero-order chi connectivity index (χ0) is 25.7. The molecule has 1 amide bonds. The van der Waals surface area contributed by atoms with Gasteiger partial charge in [-0.05, 0) is 49.6 Å². The second kappa shape index (κ2) is 12.1. The summed E-state index contributed by atoms with van der Waals surface area (Å²) in [6.07, 6.45) is 4.30. The Labute approximate surface area is 217 Å². The molecule has 4 rings (SSSR count). The minimum atomic E-state index is -4.58. The van der Waals surface area contributed by atoms with Crippen molar-refractivity contribution in [1.82, 2.24) is 29.9 Å². The maximum Gasteiger partial charge on any atom is 0.433 e. The van der Waals surface area contributed by atoms with Crippen LogP contribution in [0.4, 0.5) is 24.7 Å². The van der Waals surface area contributed by atoms with Gasteiger partial charge in [0.05, 0.1) is 23.7 Å². The van der Waals surface area contributed by atoms with Crippen molar-refractivity contribution < 1.29 is 18.0 Å². The molecular weight excluding hydrogens is 509 g/mol. The van der Waals surface area contributed by atoms with Crippen molar-refractivity contribution in [1.29, 1.82) is 0 Å². The molecule has 0 radical (unpaired) electrons. The van der Waals surface area contributed by atoms with E-state index in [2.05, 4.69) is 25.7 Å². The van der Waals surface area contributed by atoms with E-state index in [4.69, 9.17) is 5.73 Å². The van der Waals surface area contributed by atoms with Crippen molar-refractivity contribution in [3.8, 4) is 11.3 Å². The average Bonchev–Trinajstić information content (AvgIpc) is 3.51. The maximum atomic E-state index is 13.4. The summed E-state index contributed by atoms with van der Waals surface area (Å²) in [5.41, 5.74) is 7.13. The van der Waals surface area contributed by atoms with Crippen LogP contribution in [-0.4, -0.2) is 43.6 Å². The Balaban J connectivity index is 0.00000380. The predicted octanol–water partition coefficient (Wildman–Crippen LogP) is 4.72. The third kappa shape index (κ3) is 6.20. The Morgan fingerprint density at radius 1 is 1.16 bits per heavy atom. The molecule has 0 aliphatic heterocycles. The number of hydrogen-bond donors (Lipinski definition) is 4. The van der Waals surface area contributed by atoms with Gasteiger partial charge in [0, 0.05) is 30.2 Å². The zero-order valence-corrected chi connectivity index (χ0v) is 20.9. The molecule has 9 nitrogen and oxygen atoms in total. The summed E-state index contributed by atoms with van der Waals surface area (Å²) in [7, 11) is 0. The number of rotatable bonds is 10. The minimum Gasteiger partial charge on any atom is -0.352 e. The Morgan fingerprint density at radius 3 is 2.70 bits per heavy atom. The van der Waals surface area contributed by atoms with Gasteiger partial charge < -0.3 is 16.4 Å². The molecule has 0 saturated carbocycles. The first-order valence-corrected chi connectivity index (χ1v) is 11.6. The van der Waals surface area contributed by atoms with Gasteiger partial charge in [0.25, 0.3) is 5.91 Å². The van der Waals surface area contributed by atoms with Crippen LogP contribution in [0.2, 0.25) is 0 Å². The molecule has 3 heterocycles. The van der Waals surface area contributed by atoms with E-state index in [1.54, 1.807) is 12.1 Å². The number of aryl methyl sites for hydroxylation is 1. The number of carbonyl (C=O) groups is 1. The third-order valence-electron chi connectivity index (χ3n) is 5.79. The van der Waals surface area contributed by atoms with Crippen molar-refractivity contribution in [3.05, 3.63) is 59.8 Å². The van der Waals surface area contributed by atoms with Crippen LogP contribution < -0.4 is 16.4 Å². The van der Waals surface area contributed by atoms with Crippen LogP contribution in [0.5, 0.6) is 0 Å². The molecule has 0 bridgehead atoms. The van der Waals surface area contributed by atoms with E-state index in [0.29, 0.717) is 42.2 Å². The van der Waals surface area contributed by atoms with Gasteiger partial charge in [-0.2, -0.15) is 18.3 Å². The summed E-state index contributed by atoms with van der Waals surface area (Å²) in [5, 5.41) is 11.7. The number of H-pyrrole nitrogens is 1. The standard InChI is InChI=1S/C24H27F3N8O.ClH/c1-2-15-12-16(6-7-17(15)23(36)30-9-5-3-4-8-28)33-21-22-31-14-19(35(22)11-10-29-21)18-13-32-34-20(18)24(25,26)27;/h6-7,10-14H,2-5,8-9,28H2,1H3,(H,29,33)(H,30,36)(H,32,34);1H. The lowest BCUT2D eigenvalue weighted by Crippen LogP contribution is -2.25. The fraction of sp³-hybridized carbons (Fsp3) is 0.333. The normalized spacial score (nSPS) is 11.4. The number of amides is 1. The Bertz CT molecular complexity index is 1350. The van der Waals surface area contributed by atoms with Gasteiger partial charge in [0.2, 0.25) is 0 Å². The van der Waals surface area contributed by atoms with Crippen molar-refractivity contribution in [2.24, 2.45) is 5.73 Å². The molecule has 0 aliphatic carbocycles. The molecule has 0 fully saturated rings. The Morgan fingerprint density at radius 2 is 1.97 bits per heavy atom. The molecule has 0 aliphatic rings. The van der Waals surface area contributed by atoms with Crippen LogP contribution >= 0.6 is 12.4 Å². The van der Waals surface area contributed by atoms with Crippen molar-refractivity contribution in [2.45, 2.75) is 38.8 Å². The number of benzene rings is 1. The number of aromatic nitrogens is 5. The molecule has 1 aromatic carbocycles. The number of carbonyl (C=O) groups excluding carboxylic acids is 1. The quantitative estimate of drug-likeness (QED) is 0.217. The van der Waals surface area contributed by atoms with Crippen LogP contribution in [0.1, 0.15) is 47.8 Å². The number of nitrogens with two attached hydrogens (primary N) is 1. The first kappa shape index (κ1) is 27.9. The molecule has 0 unspecified atom stereocenters. The minimum absolute atomic E-state index is 0. The highest BCUT2D eigenvalue weighted by Gasteiger charge is 2.36. The van der Waals surface area contributed by atoms with E-state index in [0.717, 1.165) is 31.0 Å². The molecule has 5 N–H and O–H groups in total. The number of fused-ring (bicyclic) bond motifs is 1. The summed E-state index contributed by atoms with van der Waals surface area (Å²) < 4.78 is 41.6. The number of nitrogens with zero attached hydrogens (tertiary/aromatic N) is 4. The summed E-state index contributed by atoms with van der Waals surface area (Å²) >= 11 is 0. The first-order chi connectivity index (χ1) is 17.3. The Hall–Kier alpha value is -3.64. The van der Waals surface area contributed by atoms with E-state index < -0.39 is 11.9 Å². The molecule has 198 valence electrons. The number of imidazole rings is 1. The number of nitrogens with one attached hydrogen (secondary N) is 3. The van der Waals surface area contributed by atoms with Gasteiger partial charge in [-0.1, -0.05) is 13.3 Å². The zero-order valence-electron chi connectivity index (χ0n) is 20.1. The van der Waals surface area contributed by atoms with Gasteiger partial charge >= 0.3 is 6.18 Å². The summed E-state index contributed by atoms with van der Waals surface area (Å²) in [5.74, 6) is 0.227. The largest absolute Gasteiger partial charge is 0.433 e. The lowest BCUT2D eigenvalue weighted by atomic mass is 10.0. The number of unbranched alkanes of at least 4 members (excludes halogenated alkanes) is 2. The topological polar surface area (TPSA) is 126 Å². The molecule has 13 heteroatoms. The summed E-state index contributed by atoms with van der Waals surface area (Å²) in [6, 6.07) is 5.36. The van der Waals surface area contributed by atoms with Gasteiger partial charge in [-0.15, -0.1) is 12.4 Å². The maximum absolute atomic E-state index is 13.4. The van der Waals surface area contributed by atoms with E-state index in [1.165, 1.54) is 23.0 Å². The highest BCUT2D eigenvalue weighted by Crippen LogP contribution is 2.36. The van der Waals surface area contributed by atoms with Crippen LogP contribution in [0.3, 0.4) is 0 Å². The smallest absolute Gasteiger partial charge is 0.352 e. The SMILES string of the molecule is CCc1cc(Nc2nccn3c(-c4cn[nH]c4C(F)(F)F)cnc23)ccc1C(=O)NCCCCCN.Cl. The van der Waals surface area contributed by atoms with Crippen LogP contribution in [-0.2, 0) is 12.6 Å². The number of alkyl halides is 3. The van der Waals surface area contributed by atoms with Gasteiger partial charge in [0.15, 0.2) is 11.5 Å². The molecule has 37 heavy (non-hydrogen) atoms. The molecular formula is C24H28ClF3N8O. The number of halogens is 4. The lowest BCUT2D eigenvalue weighted by molar-refractivity contribution is -0.140. The average molecular weight is 537 g/mol. The van der Waals surface area contributed by atoms with Crippen molar-refractivity contribution >= 4 is 35.5 Å². The molecule has 3 aromatic heterocycles. The van der Waals surface area contributed by atoms with Crippen LogP contribution in [0.25, 0.3) is 16.9 Å². The third-order valence-corrected chi connectivity index (χ3v) is 5.79. The summed E-state index contributed by atoms with van der Waals surface area (Å²) in [6.45, 7) is 3.19. The van der Waals surface area contributed by atoms with Crippen LogP contribution in [0, 0.1) is 0 Å². The Kier molecular flexibility index (Phi) is 9.11. The molecule has 4 aromatic rings. The number of anilines is 2. The molecule has 0 saturated heterocycles. The fourth-order valence-corrected chi connectivity index (χ4v) is 3.97. The monoisotopic (exact) mass is 536 g/mol. The van der Waals surface area contributed by atoms with Crippen molar-refractivity contribution in [2.75, 3.05) is 18.4 Å². The van der Waals surface area contributed by atoms with E-state index >= 15 is 0 Å². The second-order valence-electron chi connectivity index (χ2n) is 8.23. The van der Waals surface area contributed by atoms with Gasteiger partial charge in [-0.3, -0.25) is 14.3 Å². The van der Waals surface area contributed by atoms with Crippen LogP contribution in [0.15, 0.2) is 43.0 Å². The highest BCUT2D eigenvalue weighted by molar-refractivity contribution is 5.96. The molecule has 0 atom stereocenters. The van der Waals surface area contributed by atoms with E-state index in [1.807, 2.05) is 18.1 Å². The van der Waals surface area contributed by atoms with Crippen molar-refractivity contribution in [3.63, 3.8) is 0 Å². The van der Waals surface area contributed by atoms with E-state index in [-0.39, 0.29) is 29.6 Å². The van der Waals surface area contributed by atoms with Gasteiger partial charge in [0.1, 0.15) is 5.69 Å². The molecule has 0 spiro atoms. The number of hydrogen-bond acceptors (Lipinski definition) is 6. The number of aromatic amines is 1. The first-order valence-electron chi connectivity index (χ1n) is 11.6. The van der Waals surface area contributed by atoms with E-state index in [9.17, 15) is 18.0 Å². The summed E-state index contributed by atoms with van der Waals surface area (Å²) in [4.78, 5) is 21.3. The van der Waals surface area contributed by atoms with Gasteiger partial charge in [-0.25, -0.2) is 9.97 Å². The second-order valence-corrected chi connectivity index (χ2v) is 8.23. The fourth-order valence-electron chi connectivity index (χ4n) is 3.97. The predicted molar refractivity (Wildman–Crippen MR) is 137 cm³/mol.